The standard InChI is InChI=1S/C9H6BrIOS/c10-6-1-5(4-12)7-3-9(11)13-8(7)2-6/h1-3,12H,4H2. The molecule has 68 valence electrons. The number of hydrogen-bond donors (Lipinski definition) is 1. The van der Waals surface area contributed by atoms with Crippen LogP contribution < -0.4 is 0 Å². The molecule has 2 rings (SSSR count). The van der Waals surface area contributed by atoms with E-state index in [-0.39, 0.29) is 6.61 Å². The summed E-state index contributed by atoms with van der Waals surface area (Å²) in [5.41, 5.74) is 0.989. The highest BCUT2D eigenvalue weighted by Crippen LogP contribution is 2.32. The van der Waals surface area contributed by atoms with Gasteiger partial charge in [-0.3, -0.25) is 0 Å². The van der Waals surface area contributed by atoms with Gasteiger partial charge in [0.1, 0.15) is 0 Å². The third-order valence-electron chi connectivity index (χ3n) is 1.83. The van der Waals surface area contributed by atoms with E-state index in [9.17, 15) is 0 Å². The van der Waals surface area contributed by atoms with Crippen molar-refractivity contribution < 1.29 is 5.11 Å². The van der Waals surface area contributed by atoms with Crippen LogP contribution in [0, 0.1) is 2.88 Å². The fourth-order valence-corrected chi connectivity index (χ4v) is 3.83. The van der Waals surface area contributed by atoms with Crippen molar-refractivity contribution in [3.05, 3.63) is 31.1 Å². The van der Waals surface area contributed by atoms with Crippen molar-refractivity contribution in [2.45, 2.75) is 6.61 Å². The van der Waals surface area contributed by atoms with E-state index in [4.69, 9.17) is 5.11 Å². The fraction of sp³-hybridized carbons (Fsp3) is 0.111. The van der Waals surface area contributed by atoms with Crippen LogP contribution in [0.4, 0.5) is 0 Å². The third kappa shape index (κ3) is 1.91. The second-order valence-electron chi connectivity index (χ2n) is 2.69. The molecule has 0 amide bonds. The predicted molar refractivity (Wildman–Crippen MR) is 68.2 cm³/mol. The first-order chi connectivity index (χ1) is 6.20. The van der Waals surface area contributed by atoms with Gasteiger partial charge >= 0.3 is 0 Å². The first-order valence-electron chi connectivity index (χ1n) is 3.69. The summed E-state index contributed by atoms with van der Waals surface area (Å²) in [6, 6.07) is 6.16. The molecule has 2 aromatic rings. The summed E-state index contributed by atoms with van der Waals surface area (Å²) in [6.07, 6.45) is 0. The third-order valence-corrected chi connectivity index (χ3v) is 4.13. The number of thiophene rings is 1. The predicted octanol–water partition coefficient (Wildman–Crippen LogP) is 3.76. The van der Waals surface area contributed by atoms with E-state index >= 15 is 0 Å². The van der Waals surface area contributed by atoms with Gasteiger partial charge in [-0.25, -0.2) is 0 Å². The van der Waals surface area contributed by atoms with Crippen molar-refractivity contribution in [2.24, 2.45) is 0 Å². The Morgan fingerprint density at radius 3 is 2.85 bits per heavy atom. The Morgan fingerprint density at radius 1 is 1.38 bits per heavy atom. The minimum absolute atomic E-state index is 0.1000. The molecule has 1 aromatic heterocycles. The maximum absolute atomic E-state index is 9.15. The molecule has 0 atom stereocenters. The molecule has 0 aliphatic heterocycles. The number of aliphatic hydroxyl groups is 1. The van der Waals surface area contributed by atoms with Crippen molar-refractivity contribution in [2.75, 3.05) is 0 Å². The van der Waals surface area contributed by atoms with E-state index < -0.39 is 0 Å². The maximum atomic E-state index is 9.15. The molecular formula is C9H6BrIOS. The van der Waals surface area contributed by atoms with Crippen LogP contribution in [0.2, 0.25) is 0 Å². The monoisotopic (exact) mass is 368 g/mol. The van der Waals surface area contributed by atoms with Crippen LogP contribution in [0.15, 0.2) is 22.7 Å². The summed E-state index contributed by atoms with van der Waals surface area (Å²) in [5, 5.41) is 10.3. The molecule has 1 aromatic carbocycles. The average molecular weight is 369 g/mol. The molecule has 0 saturated carbocycles. The lowest BCUT2D eigenvalue weighted by Crippen LogP contribution is -1.82. The molecule has 13 heavy (non-hydrogen) atoms. The fourth-order valence-electron chi connectivity index (χ4n) is 1.27. The molecule has 0 saturated heterocycles. The molecule has 1 N–H and O–H groups in total. The number of hydrogen-bond acceptors (Lipinski definition) is 2. The lowest BCUT2D eigenvalue weighted by Gasteiger charge is -1.99. The molecule has 0 spiro atoms. The Bertz CT molecular complexity index is 452. The summed E-state index contributed by atoms with van der Waals surface area (Å²) in [7, 11) is 0. The summed E-state index contributed by atoms with van der Waals surface area (Å²) in [4.78, 5) is 0. The molecular weight excluding hydrogens is 363 g/mol. The summed E-state index contributed by atoms with van der Waals surface area (Å²) >= 11 is 7.47. The number of halogens is 2. The van der Waals surface area contributed by atoms with Gasteiger partial charge in [-0.1, -0.05) is 15.9 Å². The highest BCUT2D eigenvalue weighted by molar-refractivity contribution is 14.1. The Balaban J connectivity index is 2.80. The summed E-state index contributed by atoms with van der Waals surface area (Å²) < 4.78 is 3.51. The average Bonchev–Trinajstić information content (AvgIpc) is 2.43. The summed E-state index contributed by atoms with van der Waals surface area (Å²) in [6.45, 7) is 0.1000. The Kier molecular flexibility index (Phi) is 2.92. The number of fused-ring (bicyclic) bond motifs is 1. The Labute approximate surface area is 102 Å². The molecule has 4 heteroatoms. The second kappa shape index (κ2) is 3.84. The highest BCUT2D eigenvalue weighted by atomic mass is 127. The molecule has 0 radical (unpaired) electrons. The van der Waals surface area contributed by atoms with E-state index in [1.165, 1.54) is 13.0 Å². The van der Waals surface area contributed by atoms with Crippen LogP contribution in [-0.4, -0.2) is 5.11 Å². The normalized spacial score (nSPS) is 11.0. The van der Waals surface area contributed by atoms with Gasteiger partial charge in [0.2, 0.25) is 0 Å². The van der Waals surface area contributed by atoms with Gasteiger partial charge < -0.3 is 5.11 Å². The van der Waals surface area contributed by atoms with Crippen LogP contribution in [0.25, 0.3) is 10.1 Å². The van der Waals surface area contributed by atoms with Gasteiger partial charge in [-0.15, -0.1) is 11.3 Å². The van der Waals surface area contributed by atoms with Crippen LogP contribution in [0.3, 0.4) is 0 Å². The van der Waals surface area contributed by atoms with Crippen LogP contribution >= 0.6 is 49.9 Å². The molecule has 0 fully saturated rings. The Hall–Kier alpha value is 0.350. The van der Waals surface area contributed by atoms with Crippen molar-refractivity contribution in [1.29, 1.82) is 0 Å². The summed E-state index contributed by atoms with van der Waals surface area (Å²) in [5.74, 6) is 0. The Morgan fingerprint density at radius 2 is 2.15 bits per heavy atom. The van der Waals surface area contributed by atoms with E-state index in [2.05, 4.69) is 50.7 Å². The van der Waals surface area contributed by atoms with E-state index in [0.29, 0.717) is 0 Å². The quantitative estimate of drug-likeness (QED) is 0.760. The molecule has 1 nitrogen and oxygen atoms in total. The minimum Gasteiger partial charge on any atom is -0.392 e. The molecule has 0 bridgehead atoms. The lowest BCUT2D eigenvalue weighted by atomic mass is 10.1. The molecule has 1 heterocycles. The first kappa shape index (κ1) is 9.89. The number of aliphatic hydroxyl groups excluding tert-OH is 1. The molecule has 0 aliphatic carbocycles. The minimum atomic E-state index is 0.1000. The zero-order valence-electron chi connectivity index (χ0n) is 6.55. The molecule has 0 unspecified atom stereocenters. The van der Waals surface area contributed by atoms with Crippen molar-refractivity contribution in [3.8, 4) is 0 Å². The van der Waals surface area contributed by atoms with Crippen molar-refractivity contribution in [3.63, 3.8) is 0 Å². The van der Waals surface area contributed by atoms with E-state index in [0.717, 1.165) is 10.0 Å². The van der Waals surface area contributed by atoms with Gasteiger partial charge in [0, 0.05) is 9.17 Å². The topological polar surface area (TPSA) is 20.2 Å². The molecule has 0 aliphatic rings. The highest BCUT2D eigenvalue weighted by Gasteiger charge is 2.05. The van der Waals surface area contributed by atoms with Gasteiger partial charge in [-0.05, 0) is 51.7 Å². The zero-order valence-corrected chi connectivity index (χ0v) is 11.1. The first-order valence-corrected chi connectivity index (χ1v) is 6.38. The maximum Gasteiger partial charge on any atom is 0.0688 e. The van der Waals surface area contributed by atoms with Gasteiger partial charge in [0.15, 0.2) is 0 Å². The van der Waals surface area contributed by atoms with Gasteiger partial charge in [0.25, 0.3) is 0 Å². The van der Waals surface area contributed by atoms with E-state index in [1.54, 1.807) is 11.3 Å². The van der Waals surface area contributed by atoms with Crippen molar-refractivity contribution in [1.82, 2.24) is 0 Å². The van der Waals surface area contributed by atoms with Gasteiger partial charge in [0.05, 0.1) is 9.49 Å². The smallest absolute Gasteiger partial charge is 0.0688 e. The lowest BCUT2D eigenvalue weighted by molar-refractivity contribution is 0.283. The van der Waals surface area contributed by atoms with Gasteiger partial charge in [-0.2, -0.15) is 0 Å². The number of rotatable bonds is 1. The van der Waals surface area contributed by atoms with Crippen molar-refractivity contribution >= 4 is 59.9 Å². The second-order valence-corrected chi connectivity index (χ2v) is 6.58. The van der Waals surface area contributed by atoms with Crippen LogP contribution in [-0.2, 0) is 6.61 Å². The van der Waals surface area contributed by atoms with Crippen LogP contribution in [0.5, 0.6) is 0 Å². The SMILES string of the molecule is OCc1cc(Br)cc2sc(I)cc12. The van der Waals surface area contributed by atoms with E-state index in [1.807, 2.05) is 6.07 Å². The van der Waals surface area contributed by atoms with Crippen LogP contribution in [0.1, 0.15) is 5.56 Å². The number of benzene rings is 1. The largest absolute Gasteiger partial charge is 0.392 e. The zero-order chi connectivity index (χ0) is 9.42.